The number of carbonyl (C=O) groups excluding carboxylic acids is 1. The highest BCUT2D eigenvalue weighted by atomic mass is 127. The molecule has 104 valence electrons. The number of esters is 1. The molecule has 0 fully saturated rings. The first kappa shape index (κ1) is 14.0. The van der Waals surface area contributed by atoms with Crippen LogP contribution in [0.25, 0.3) is 10.9 Å². The molecule has 0 spiro atoms. The average molecular weight is 390 g/mol. The van der Waals surface area contributed by atoms with Crippen molar-refractivity contribution < 1.29 is 14.5 Å². The number of fused-ring (bicyclic) bond motifs is 1. The summed E-state index contributed by atoms with van der Waals surface area (Å²) in [5, 5.41) is 1.01. The Balaban J connectivity index is 1.98. The molecule has 0 aliphatic rings. The van der Waals surface area contributed by atoms with E-state index in [1.54, 1.807) is 12.1 Å². The Morgan fingerprint density at radius 3 is 2.71 bits per heavy atom. The summed E-state index contributed by atoms with van der Waals surface area (Å²) in [5.41, 5.74) is 2.39. The molecule has 1 heterocycles. The number of para-hydroxylation sites is 1. The number of H-pyrrole nitrogens is 1. The highest BCUT2D eigenvalue weighted by Gasteiger charge is 2.15. The van der Waals surface area contributed by atoms with Crippen LogP contribution in [0.5, 0.6) is 5.75 Å². The summed E-state index contributed by atoms with van der Waals surface area (Å²) in [4.78, 5) is 15.5. The van der Waals surface area contributed by atoms with Crippen molar-refractivity contribution in [3.63, 3.8) is 0 Å². The number of aryl methyl sites for hydroxylation is 1. The largest absolute Gasteiger partial charge is 0.416 e. The van der Waals surface area contributed by atoms with E-state index in [0.717, 1.165) is 20.2 Å². The Morgan fingerprint density at radius 1 is 1.10 bits per heavy atom. The molecule has 0 bridgehead atoms. The molecule has 1 aromatic heterocycles. The van der Waals surface area contributed by atoms with Gasteiger partial charge in [-0.15, -0.1) is 0 Å². The molecule has 0 aliphatic heterocycles. The Kier molecular flexibility index (Phi) is 3.88. The zero-order valence-corrected chi connectivity index (χ0v) is 13.5. The van der Waals surface area contributed by atoms with Gasteiger partial charge in [-0.3, -0.25) is 0 Å². The zero-order chi connectivity index (χ0) is 14.8. The Labute approximate surface area is 136 Å². The van der Waals surface area contributed by atoms with E-state index in [0.29, 0.717) is 11.3 Å². The first-order valence-electron chi connectivity index (χ1n) is 6.53. The Hall–Kier alpha value is -1.95. The van der Waals surface area contributed by atoms with Crippen LogP contribution in [0.4, 0.5) is 0 Å². The van der Waals surface area contributed by atoms with Gasteiger partial charge in [0.15, 0.2) is 5.69 Å². The number of pyridine rings is 1. The minimum absolute atomic E-state index is 0.351. The molecule has 1 N–H and O–H groups in total. The van der Waals surface area contributed by atoms with E-state index in [1.807, 2.05) is 49.4 Å². The van der Waals surface area contributed by atoms with E-state index >= 15 is 0 Å². The number of rotatable bonds is 2. The maximum absolute atomic E-state index is 12.3. The van der Waals surface area contributed by atoms with Crippen LogP contribution < -0.4 is 9.72 Å². The number of halogens is 1. The fourth-order valence-corrected chi connectivity index (χ4v) is 2.68. The number of benzene rings is 2. The van der Waals surface area contributed by atoms with Gasteiger partial charge in [-0.05, 0) is 59.0 Å². The van der Waals surface area contributed by atoms with Gasteiger partial charge in [0, 0.05) is 16.6 Å². The van der Waals surface area contributed by atoms with Gasteiger partial charge in [-0.2, -0.15) is 0 Å². The molecular formula is C17H13INO2+. The third-order valence-electron chi connectivity index (χ3n) is 3.16. The number of aromatic amines is 1. The maximum Gasteiger partial charge on any atom is 0.343 e. The lowest BCUT2D eigenvalue weighted by atomic mass is 10.2. The van der Waals surface area contributed by atoms with Crippen LogP contribution >= 0.6 is 22.6 Å². The van der Waals surface area contributed by atoms with Crippen LogP contribution in [0.15, 0.2) is 54.6 Å². The lowest BCUT2D eigenvalue weighted by molar-refractivity contribution is -0.355. The fraction of sp³-hybridized carbons (Fsp3) is 0.0588. The molecule has 0 saturated carbocycles. The van der Waals surface area contributed by atoms with Gasteiger partial charge in [0.2, 0.25) is 5.75 Å². The van der Waals surface area contributed by atoms with E-state index in [-0.39, 0.29) is 5.97 Å². The van der Waals surface area contributed by atoms with Crippen LogP contribution in [0, 0.1) is 10.5 Å². The van der Waals surface area contributed by atoms with Crippen molar-refractivity contribution in [3.8, 4) is 5.75 Å². The molecular weight excluding hydrogens is 377 g/mol. The first-order valence-corrected chi connectivity index (χ1v) is 7.61. The van der Waals surface area contributed by atoms with Gasteiger partial charge < -0.3 is 4.74 Å². The minimum Gasteiger partial charge on any atom is -0.416 e. The Bertz CT molecular complexity index is 830. The summed E-state index contributed by atoms with van der Waals surface area (Å²) in [6.45, 7) is 1.97. The molecule has 0 radical (unpaired) electrons. The lowest BCUT2D eigenvalue weighted by Crippen LogP contribution is -2.13. The summed E-state index contributed by atoms with van der Waals surface area (Å²) in [5.74, 6) is 0.191. The average Bonchev–Trinajstić information content (AvgIpc) is 2.48. The van der Waals surface area contributed by atoms with Gasteiger partial charge in [0.25, 0.3) is 5.52 Å². The highest BCUT2D eigenvalue weighted by Crippen LogP contribution is 2.22. The molecule has 0 amide bonds. The second kappa shape index (κ2) is 5.81. The molecule has 0 saturated heterocycles. The summed E-state index contributed by atoms with van der Waals surface area (Å²) >= 11 is 2.17. The van der Waals surface area contributed by atoms with Crippen molar-refractivity contribution in [2.45, 2.75) is 6.92 Å². The second-order valence-electron chi connectivity index (χ2n) is 4.76. The second-order valence-corrected chi connectivity index (χ2v) is 6.01. The summed E-state index contributed by atoms with van der Waals surface area (Å²) in [6.07, 6.45) is 0. The summed E-state index contributed by atoms with van der Waals surface area (Å²) < 4.78 is 6.55. The molecule has 0 unspecified atom stereocenters. The van der Waals surface area contributed by atoms with Gasteiger partial charge in [-0.25, -0.2) is 9.78 Å². The number of aromatic nitrogens is 1. The predicted molar refractivity (Wildman–Crippen MR) is 89.4 cm³/mol. The van der Waals surface area contributed by atoms with E-state index in [9.17, 15) is 4.79 Å². The molecule has 3 aromatic rings. The predicted octanol–water partition coefficient (Wildman–Crippen LogP) is 3.79. The third kappa shape index (κ3) is 3.05. The zero-order valence-electron chi connectivity index (χ0n) is 11.4. The van der Waals surface area contributed by atoms with Gasteiger partial charge in [0.05, 0.1) is 10.9 Å². The van der Waals surface area contributed by atoms with E-state index < -0.39 is 0 Å². The monoisotopic (exact) mass is 390 g/mol. The maximum atomic E-state index is 12.3. The van der Waals surface area contributed by atoms with Crippen molar-refractivity contribution in [2.75, 3.05) is 0 Å². The first-order chi connectivity index (χ1) is 10.1. The van der Waals surface area contributed by atoms with E-state index in [1.165, 1.54) is 0 Å². The molecule has 2 aromatic carbocycles. The third-order valence-corrected chi connectivity index (χ3v) is 3.83. The number of nitrogens with one attached hydrogen (secondary N) is 1. The molecule has 3 rings (SSSR count). The van der Waals surface area contributed by atoms with Gasteiger partial charge >= 0.3 is 5.97 Å². The highest BCUT2D eigenvalue weighted by molar-refractivity contribution is 14.1. The van der Waals surface area contributed by atoms with Gasteiger partial charge in [-0.1, -0.05) is 12.1 Å². The smallest absolute Gasteiger partial charge is 0.343 e. The Morgan fingerprint density at radius 2 is 1.90 bits per heavy atom. The summed E-state index contributed by atoms with van der Waals surface area (Å²) in [6, 6.07) is 17.0. The molecule has 4 heteroatoms. The molecule has 21 heavy (non-hydrogen) atoms. The lowest BCUT2D eigenvalue weighted by Gasteiger charge is -2.05. The van der Waals surface area contributed by atoms with E-state index in [4.69, 9.17) is 4.74 Å². The summed E-state index contributed by atoms with van der Waals surface area (Å²) in [7, 11) is 0. The number of hydrogen-bond acceptors (Lipinski definition) is 2. The van der Waals surface area contributed by atoms with Crippen LogP contribution in [0.2, 0.25) is 0 Å². The van der Waals surface area contributed by atoms with Crippen molar-refractivity contribution in [2.24, 2.45) is 0 Å². The van der Waals surface area contributed by atoms with Crippen molar-refractivity contribution in [3.05, 3.63) is 69.4 Å². The van der Waals surface area contributed by atoms with Gasteiger partial charge in [0.1, 0.15) is 0 Å². The number of ether oxygens (including phenoxy) is 1. The quantitative estimate of drug-likeness (QED) is 0.380. The molecule has 0 aliphatic carbocycles. The number of carbonyl (C=O) groups is 1. The van der Waals surface area contributed by atoms with Crippen molar-refractivity contribution in [1.29, 1.82) is 0 Å². The molecule has 3 nitrogen and oxygen atoms in total. The molecule has 0 atom stereocenters. The van der Waals surface area contributed by atoms with Crippen LogP contribution in [-0.4, -0.2) is 5.97 Å². The minimum atomic E-state index is -0.351. The topological polar surface area (TPSA) is 40.4 Å². The number of hydrogen-bond donors (Lipinski definition) is 0. The van der Waals surface area contributed by atoms with Crippen LogP contribution in [0.1, 0.15) is 16.1 Å². The van der Waals surface area contributed by atoms with Crippen molar-refractivity contribution in [1.82, 2.24) is 0 Å². The van der Waals surface area contributed by atoms with E-state index in [2.05, 4.69) is 27.6 Å². The SMILES string of the molecule is Cc1ccc2cccc(OC(=O)c3cccc(I)c3)c2[nH+]1. The van der Waals surface area contributed by atoms with Crippen LogP contribution in [0.3, 0.4) is 0 Å². The van der Waals surface area contributed by atoms with Crippen LogP contribution in [-0.2, 0) is 0 Å². The normalized spacial score (nSPS) is 10.6. The van der Waals surface area contributed by atoms with Crippen molar-refractivity contribution >= 4 is 39.5 Å². The fourth-order valence-electron chi connectivity index (χ4n) is 2.13. The standard InChI is InChI=1S/C17H12INO2/c1-11-8-9-12-4-3-7-15(16(12)19-11)21-17(20)13-5-2-6-14(18)10-13/h2-10H,1H3/p+1.